The number of carboxylic acid groups (broad SMARTS) is 1. The van der Waals surface area contributed by atoms with Crippen molar-refractivity contribution >= 4 is 11.8 Å². The van der Waals surface area contributed by atoms with Crippen molar-refractivity contribution in [3.8, 4) is 17.0 Å². The predicted octanol–water partition coefficient (Wildman–Crippen LogP) is 5.92. The number of pyridine rings is 1. The summed E-state index contributed by atoms with van der Waals surface area (Å²) in [4.78, 5) is 21.7. The molecule has 45 heavy (non-hydrogen) atoms. The van der Waals surface area contributed by atoms with E-state index >= 15 is 0 Å². The zero-order chi connectivity index (χ0) is 31.3. The van der Waals surface area contributed by atoms with E-state index in [1.54, 1.807) is 7.11 Å². The van der Waals surface area contributed by atoms with Gasteiger partial charge in [-0.2, -0.15) is 0 Å². The lowest BCUT2D eigenvalue weighted by Gasteiger charge is -2.38. The number of para-hydroxylation sites is 1. The molecule has 2 saturated heterocycles. The van der Waals surface area contributed by atoms with Gasteiger partial charge in [0.25, 0.3) is 0 Å². The molecule has 240 valence electrons. The number of hydrogen-bond donors (Lipinski definition) is 1. The molecule has 8 heteroatoms. The second kappa shape index (κ2) is 14.3. The molecule has 8 nitrogen and oxygen atoms in total. The van der Waals surface area contributed by atoms with E-state index in [1.165, 1.54) is 22.3 Å². The first-order valence-electron chi connectivity index (χ1n) is 16.7. The number of anilines is 1. The molecule has 1 aromatic heterocycles. The summed E-state index contributed by atoms with van der Waals surface area (Å²) >= 11 is 0. The topological polar surface area (TPSA) is 84.4 Å². The molecule has 0 saturated carbocycles. The van der Waals surface area contributed by atoms with E-state index in [2.05, 4.69) is 54.0 Å². The maximum Gasteiger partial charge on any atom is 0.308 e. The number of benzene rings is 2. The van der Waals surface area contributed by atoms with Crippen LogP contribution in [0.4, 0.5) is 5.82 Å². The third kappa shape index (κ3) is 6.74. The first kappa shape index (κ1) is 31.5. The summed E-state index contributed by atoms with van der Waals surface area (Å²) in [7, 11) is 1.62. The molecule has 3 aromatic rings. The number of hydrogen-bond acceptors (Lipinski definition) is 7. The van der Waals surface area contributed by atoms with Crippen LogP contribution in [0.2, 0.25) is 0 Å². The molecule has 0 unspecified atom stereocenters. The number of aliphatic carboxylic acids is 1. The Labute approximate surface area is 267 Å². The molecular weight excluding hydrogens is 566 g/mol. The van der Waals surface area contributed by atoms with Gasteiger partial charge in [0.1, 0.15) is 18.2 Å². The minimum atomic E-state index is -0.785. The molecule has 0 bridgehead atoms. The summed E-state index contributed by atoms with van der Waals surface area (Å²) in [6.45, 7) is 9.77. The Morgan fingerprint density at radius 2 is 1.82 bits per heavy atom. The van der Waals surface area contributed by atoms with Gasteiger partial charge in [-0.15, -0.1) is 0 Å². The van der Waals surface area contributed by atoms with Gasteiger partial charge in [0.2, 0.25) is 0 Å². The normalized spacial score (nSPS) is 20.7. The van der Waals surface area contributed by atoms with E-state index in [-0.39, 0.29) is 6.04 Å². The van der Waals surface area contributed by atoms with E-state index in [4.69, 9.17) is 19.2 Å². The van der Waals surface area contributed by atoms with Gasteiger partial charge >= 0.3 is 5.97 Å². The first-order chi connectivity index (χ1) is 22.0. The monoisotopic (exact) mass is 613 g/mol. The summed E-state index contributed by atoms with van der Waals surface area (Å²) in [5.41, 5.74) is 8.53. The number of nitrogens with zero attached hydrogens (tertiary/aromatic N) is 3. The molecule has 0 spiro atoms. The van der Waals surface area contributed by atoms with Gasteiger partial charge in [-0.3, -0.25) is 9.69 Å². The zero-order valence-electron chi connectivity index (χ0n) is 27.0. The van der Waals surface area contributed by atoms with Crippen molar-refractivity contribution in [1.29, 1.82) is 0 Å². The van der Waals surface area contributed by atoms with Crippen molar-refractivity contribution < 1.29 is 24.1 Å². The SMILES string of the molecule is CCc1cc(COc2c(CC)cccc2-c2cccc(N3CC[C@@H](C(=O)O)[C@H]3COC)n2)cc2c1CN(C1CCOCC1)CC2. The highest BCUT2D eigenvalue weighted by molar-refractivity contribution is 5.74. The molecule has 6 rings (SSSR count). The second-order valence-electron chi connectivity index (χ2n) is 12.6. The summed E-state index contributed by atoms with van der Waals surface area (Å²) in [6.07, 6.45) is 5.77. The minimum Gasteiger partial charge on any atom is -0.488 e. The molecule has 3 aliphatic rings. The van der Waals surface area contributed by atoms with Crippen molar-refractivity contribution in [2.45, 2.75) is 77.6 Å². The Kier molecular flexibility index (Phi) is 10.0. The van der Waals surface area contributed by atoms with Crippen LogP contribution in [0.25, 0.3) is 11.3 Å². The van der Waals surface area contributed by atoms with Gasteiger partial charge in [0, 0.05) is 51.6 Å². The van der Waals surface area contributed by atoms with E-state index in [1.807, 2.05) is 18.2 Å². The fourth-order valence-corrected chi connectivity index (χ4v) is 7.53. The molecule has 3 aliphatic heterocycles. The second-order valence-corrected chi connectivity index (χ2v) is 12.6. The van der Waals surface area contributed by atoms with Gasteiger partial charge in [0.15, 0.2) is 0 Å². The van der Waals surface area contributed by atoms with Crippen LogP contribution in [0.1, 0.15) is 60.9 Å². The number of carboxylic acids is 1. The van der Waals surface area contributed by atoms with E-state index in [0.717, 1.165) is 86.8 Å². The largest absolute Gasteiger partial charge is 0.488 e. The number of fused-ring (bicyclic) bond motifs is 1. The van der Waals surface area contributed by atoms with Crippen molar-refractivity contribution in [1.82, 2.24) is 9.88 Å². The van der Waals surface area contributed by atoms with Crippen LogP contribution in [0.3, 0.4) is 0 Å². The molecule has 2 fully saturated rings. The smallest absolute Gasteiger partial charge is 0.308 e. The Morgan fingerprint density at radius 1 is 1.02 bits per heavy atom. The Balaban J connectivity index is 1.24. The van der Waals surface area contributed by atoms with Gasteiger partial charge < -0.3 is 24.2 Å². The van der Waals surface area contributed by atoms with Crippen LogP contribution in [0.15, 0.2) is 48.5 Å². The molecule has 0 aliphatic carbocycles. The number of rotatable bonds is 11. The average molecular weight is 614 g/mol. The van der Waals surface area contributed by atoms with Crippen LogP contribution < -0.4 is 9.64 Å². The number of ether oxygens (including phenoxy) is 3. The number of aryl methyl sites for hydroxylation is 2. The summed E-state index contributed by atoms with van der Waals surface area (Å²) in [5, 5.41) is 9.79. The minimum absolute atomic E-state index is 0.256. The fraction of sp³-hybridized carbons (Fsp3) is 0.514. The zero-order valence-corrected chi connectivity index (χ0v) is 27.0. The highest BCUT2D eigenvalue weighted by atomic mass is 16.5. The third-order valence-corrected chi connectivity index (χ3v) is 9.98. The average Bonchev–Trinajstić information content (AvgIpc) is 3.51. The third-order valence-electron chi connectivity index (χ3n) is 9.98. The van der Waals surface area contributed by atoms with Crippen molar-refractivity contribution in [2.75, 3.05) is 44.9 Å². The summed E-state index contributed by atoms with van der Waals surface area (Å²) in [6, 6.07) is 17.3. The molecule has 2 atom stereocenters. The van der Waals surface area contributed by atoms with E-state index in [9.17, 15) is 9.90 Å². The van der Waals surface area contributed by atoms with Gasteiger partial charge in [-0.1, -0.05) is 44.2 Å². The van der Waals surface area contributed by atoms with Gasteiger partial charge in [-0.25, -0.2) is 4.98 Å². The Morgan fingerprint density at radius 3 is 2.58 bits per heavy atom. The highest BCUT2D eigenvalue weighted by Gasteiger charge is 2.39. The molecule has 0 radical (unpaired) electrons. The maximum absolute atomic E-state index is 11.9. The van der Waals surface area contributed by atoms with Crippen LogP contribution in [-0.4, -0.2) is 73.1 Å². The maximum atomic E-state index is 11.9. The van der Waals surface area contributed by atoms with Gasteiger partial charge in [-0.05, 0) is 84.5 Å². The predicted molar refractivity (Wildman–Crippen MR) is 176 cm³/mol. The highest BCUT2D eigenvalue weighted by Crippen LogP contribution is 2.37. The van der Waals surface area contributed by atoms with Crippen molar-refractivity contribution in [3.63, 3.8) is 0 Å². The number of methoxy groups -OCH3 is 1. The first-order valence-corrected chi connectivity index (χ1v) is 16.7. The van der Waals surface area contributed by atoms with Crippen molar-refractivity contribution in [2.24, 2.45) is 5.92 Å². The van der Waals surface area contributed by atoms with Crippen LogP contribution in [0, 0.1) is 5.92 Å². The molecule has 1 N–H and O–H groups in total. The molecule has 4 heterocycles. The van der Waals surface area contributed by atoms with Crippen molar-refractivity contribution in [3.05, 3.63) is 76.3 Å². The van der Waals surface area contributed by atoms with Gasteiger partial charge in [0.05, 0.1) is 24.3 Å². The van der Waals surface area contributed by atoms with E-state index in [0.29, 0.717) is 32.2 Å². The lowest BCUT2D eigenvalue weighted by Crippen LogP contribution is -2.42. The molecule has 2 aromatic carbocycles. The fourth-order valence-electron chi connectivity index (χ4n) is 7.53. The molecular formula is C37H47N3O5. The lowest BCUT2D eigenvalue weighted by molar-refractivity contribution is -0.142. The van der Waals surface area contributed by atoms with Crippen LogP contribution in [0.5, 0.6) is 5.75 Å². The summed E-state index contributed by atoms with van der Waals surface area (Å²) < 4.78 is 17.7. The van der Waals surface area contributed by atoms with E-state index < -0.39 is 11.9 Å². The Hall–Kier alpha value is -3.46. The van der Waals surface area contributed by atoms with Crippen LogP contribution in [-0.2, 0) is 46.7 Å². The molecule has 0 amide bonds. The quantitative estimate of drug-likeness (QED) is 0.286. The summed E-state index contributed by atoms with van der Waals surface area (Å²) in [5.74, 6) is 0.368. The number of carbonyl (C=O) groups is 1. The Bertz CT molecular complexity index is 1470. The standard InChI is InChI=1S/C37H47N3O5/c1-4-26-8-6-9-30(33-10-7-11-35(38-33)40-17-13-31(37(41)42)34(40)24-43-3)36(26)45-23-25-20-27(5-2)32-22-39(16-12-28(32)21-25)29-14-18-44-19-15-29/h6-11,20-21,29,31,34H,4-5,12-19,22-24H2,1-3H3,(H,41,42)/t31-,34-/m1/s1. The van der Waals surface area contributed by atoms with Crippen LogP contribution >= 0.6 is 0 Å². The number of aromatic nitrogens is 1. The lowest BCUT2D eigenvalue weighted by atomic mass is 9.90.